The average Bonchev–Trinajstić information content (AvgIpc) is 3.06. The molecule has 1 aliphatic rings. The fourth-order valence-electron chi connectivity index (χ4n) is 2.66. The summed E-state index contributed by atoms with van der Waals surface area (Å²) in [7, 11) is 0. The maximum Gasteiger partial charge on any atom is 0.271 e. The lowest BCUT2D eigenvalue weighted by Gasteiger charge is -2.31. The van der Waals surface area contributed by atoms with Crippen LogP contribution in [0.1, 0.15) is 38.7 Å². The number of nitrogens with zero attached hydrogens (tertiary/aromatic N) is 5. The zero-order chi connectivity index (χ0) is 16.9. The molecule has 24 heavy (non-hydrogen) atoms. The van der Waals surface area contributed by atoms with E-state index in [0.29, 0.717) is 41.8 Å². The number of carbonyl (C=O) groups is 2. The van der Waals surface area contributed by atoms with Gasteiger partial charge in [-0.2, -0.15) is 0 Å². The fourth-order valence-corrected chi connectivity index (χ4v) is 3.28. The van der Waals surface area contributed by atoms with Gasteiger partial charge in [-0.15, -0.1) is 5.10 Å². The van der Waals surface area contributed by atoms with Crippen molar-refractivity contribution in [1.82, 2.24) is 29.8 Å². The van der Waals surface area contributed by atoms with E-state index in [4.69, 9.17) is 0 Å². The molecule has 0 aliphatic carbocycles. The zero-order valence-electron chi connectivity index (χ0n) is 13.3. The molecule has 0 saturated carbocycles. The molecule has 2 aromatic rings. The summed E-state index contributed by atoms with van der Waals surface area (Å²) >= 11 is 1.14. The highest BCUT2D eigenvalue weighted by Gasteiger charge is 2.26. The van der Waals surface area contributed by atoms with Crippen LogP contribution in [0.5, 0.6) is 0 Å². The van der Waals surface area contributed by atoms with Crippen LogP contribution in [0.3, 0.4) is 0 Å². The Morgan fingerprint density at radius 2 is 2.12 bits per heavy atom. The SMILES string of the molecule is Cc1nnsc1C(=O)N1CCC(CNC(=O)c2cnccn2)CC1. The second-order valence-electron chi connectivity index (χ2n) is 5.72. The van der Waals surface area contributed by atoms with E-state index in [-0.39, 0.29) is 11.8 Å². The van der Waals surface area contributed by atoms with Crippen molar-refractivity contribution >= 4 is 23.3 Å². The fraction of sp³-hybridized carbons (Fsp3) is 0.467. The van der Waals surface area contributed by atoms with Crippen molar-refractivity contribution in [2.45, 2.75) is 19.8 Å². The number of rotatable bonds is 4. The second kappa shape index (κ2) is 7.43. The van der Waals surface area contributed by atoms with Gasteiger partial charge in [-0.05, 0) is 37.2 Å². The lowest BCUT2D eigenvalue weighted by atomic mass is 9.96. The van der Waals surface area contributed by atoms with Crippen LogP contribution in [0.25, 0.3) is 0 Å². The van der Waals surface area contributed by atoms with Gasteiger partial charge in [0, 0.05) is 32.0 Å². The molecule has 1 N–H and O–H groups in total. The third kappa shape index (κ3) is 3.73. The molecule has 0 bridgehead atoms. The number of piperidine rings is 1. The van der Waals surface area contributed by atoms with Crippen molar-refractivity contribution in [2.75, 3.05) is 19.6 Å². The molecular weight excluding hydrogens is 328 g/mol. The highest BCUT2D eigenvalue weighted by Crippen LogP contribution is 2.20. The van der Waals surface area contributed by atoms with Crippen molar-refractivity contribution in [3.05, 3.63) is 34.9 Å². The summed E-state index contributed by atoms with van der Waals surface area (Å²) in [6, 6.07) is 0. The lowest BCUT2D eigenvalue weighted by Crippen LogP contribution is -2.41. The monoisotopic (exact) mass is 346 g/mol. The first-order valence-corrected chi connectivity index (χ1v) is 8.55. The third-order valence-corrected chi connectivity index (χ3v) is 4.91. The number of nitrogens with one attached hydrogen (secondary N) is 1. The Balaban J connectivity index is 1.46. The van der Waals surface area contributed by atoms with Gasteiger partial charge in [-0.3, -0.25) is 14.6 Å². The van der Waals surface area contributed by atoms with Crippen molar-refractivity contribution in [2.24, 2.45) is 5.92 Å². The van der Waals surface area contributed by atoms with E-state index in [1.165, 1.54) is 18.6 Å². The molecule has 0 radical (unpaired) electrons. The minimum atomic E-state index is -0.215. The van der Waals surface area contributed by atoms with Crippen LogP contribution in [0, 0.1) is 12.8 Å². The van der Waals surface area contributed by atoms with E-state index in [1.807, 2.05) is 4.90 Å². The smallest absolute Gasteiger partial charge is 0.271 e. The third-order valence-electron chi connectivity index (χ3n) is 4.09. The number of aryl methyl sites for hydroxylation is 1. The van der Waals surface area contributed by atoms with Crippen molar-refractivity contribution in [1.29, 1.82) is 0 Å². The molecule has 0 spiro atoms. The van der Waals surface area contributed by atoms with E-state index in [2.05, 4.69) is 24.9 Å². The molecule has 1 fully saturated rings. The molecule has 0 unspecified atom stereocenters. The number of carbonyl (C=O) groups excluding carboxylic acids is 2. The van der Waals surface area contributed by atoms with E-state index < -0.39 is 0 Å². The Labute approximate surface area is 143 Å². The Morgan fingerprint density at radius 1 is 1.33 bits per heavy atom. The summed E-state index contributed by atoms with van der Waals surface area (Å²) in [5.41, 5.74) is 1.00. The molecule has 0 atom stereocenters. The Morgan fingerprint density at radius 3 is 2.75 bits per heavy atom. The maximum absolute atomic E-state index is 12.4. The van der Waals surface area contributed by atoms with Crippen LogP contribution >= 0.6 is 11.5 Å². The summed E-state index contributed by atoms with van der Waals surface area (Å²) in [6.07, 6.45) is 6.19. The van der Waals surface area contributed by atoms with Crippen molar-refractivity contribution < 1.29 is 9.59 Å². The maximum atomic E-state index is 12.4. The van der Waals surface area contributed by atoms with Gasteiger partial charge in [0.05, 0.1) is 11.9 Å². The minimum absolute atomic E-state index is 0.00421. The highest BCUT2D eigenvalue weighted by atomic mass is 32.1. The van der Waals surface area contributed by atoms with Gasteiger partial charge in [0.25, 0.3) is 11.8 Å². The Kier molecular flexibility index (Phi) is 5.09. The molecule has 2 aromatic heterocycles. The van der Waals surface area contributed by atoms with E-state index in [0.717, 1.165) is 24.4 Å². The number of aromatic nitrogens is 4. The molecule has 2 amide bonds. The van der Waals surface area contributed by atoms with Gasteiger partial charge < -0.3 is 10.2 Å². The first-order chi connectivity index (χ1) is 11.6. The molecule has 1 saturated heterocycles. The van der Waals surface area contributed by atoms with E-state index >= 15 is 0 Å². The molecule has 1 aliphatic heterocycles. The molecule has 126 valence electrons. The number of amides is 2. The first-order valence-electron chi connectivity index (χ1n) is 7.77. The summed E-state index contributed by atoms with van der Waals surface area (Å²) < 4.78 is 3.82. The van der Waals surface area contributed by atoms with Gasteiger partial charge in [0.1, 0.15) is 10.6 Å². The summed E-state index contributed by atoms with van der Waals surface area (Å²) in [6.45, 7) is 3.74. The number of hydrogen-bond donors (Lipinski definition) is 1. The predicted molar refractivity (Wildman–Crippen MR) is 87.6 cm³/mol. The second-order valence-corrected chi connectivity index (χ2v) is 6.48. The Hall–Kier alpha value is -2.42. The van der Waals surface area contributed by atoms with Crippen LogP contribution in [0.15, 0.2) is 18.6 Å². The standard InChI is InChI=1S/C15H18N6O2S/c1-10-13(24-20-19-10)15(23)21-6-2-11(3-7-21)8-18-14(22)12-9-16-4-5-17-12/h4-5,9,11H,2-3,6-8H2,1H3,(H,18,22). The minimum Gasteiger partial charge on any atom is -0.350 e. The van der Waals surface area contributed by atoms with Gasteiger partial charge >= 0.3 is 0 Å². The van der Waals surface area contributed by atoms with Crippen LogP contribution < -0.4 is 5.32 Å². The van der Waals surface area contributed by atoms with Crippen LogP contribution in [0.2, 0.25) is 0 Å². The summed E-state index contributed by atoms with van der Waals surface area (Å²) in [5.74, 6) is 0.146. The quantitative estimate of drug-likeness (QED) is 0.883. The molecule has 9 heteroatoms. The zero-order valence-corrected chi connectivity index (χ0v) is 14.1. The highest BCUT2D eigenvalue weighted by molar-refractivity contribution is 7.07. The summed E-state index contributed by atoms with van der Waals surface area (Å²) in [5, 5.41) is 6.77. The van der Waals surface area contributed by atoms with Crippen molar-refractivity contribution in [3.8, 4) is 0 Å². The molecule has 3 heterocycles. The summed E-state index contributed by atoms with van der Waals surface area (Å²) in [4.78, 5) is 34.7. The van der Waals surface area contributed by atoms with Gasteiger partial charge in [-0.1, -0.05) is 4.49 Å². The van der Waals surface area contributed by atoms with Gasteiger partial charge in [0.2, 0.25) is 0 Å². The molecule has 3 rings (SSSR count). The first kappa shape index (κ1) is 16.4. The normalized spacial score (nSPS) is 15.3. The number of likely N-dealkylation sites (tertiary alicyclic amines) is 1. The largest absolute Gasteiger partial charge is 0.350 e. The lowest BCUT2D eigenvalue weighted by molar-refractivity contribution is 0.0688. The van der Waals surface area contributed by atoms with Gasteiger partial charge in [-0.25, -0.2) is 4.98 Å². The van der Waals surface area contributed by atoms with Crippen LogP contribution in [-0.4, -0.2) is 55.9 Å². The number of hydrogen-bond acceptors (Lipinski definition) is 7. The van der Waals surface area contributed by atoms with E-state index in [9.17, 15) is 9.59 Å². The van der Waals surface area contributed by atoms with E-state index in [1.54, 1.807) is 6.92 Å². The topological polar surface area (TPSA) is 101 Å². The van der Waals surface area contributed by atoms with Crippen LogP contribution in [-0.2, 0) is 0 Å². The van der Waals surface area contributed by atoms with Crippen molar-refractivity contribution in [3.63, 3.8) is 0 Å². The predicted octanol–water partition coefficient (Wildman–Crippen LogP) is 0.919. The Bertz CT molecular complexity index is 712. The molecule has 0 aromatic carbocycles. The molecular formula is C15H18N6O2S. The molecule has 8 nitrogen and oxygen atoms in total. The van der Waals surface area contributed by atoms with Gasteiger partial charge in [0.15, 0.2) is 0 Å². The average molecular weight is 346 g/mol. The van der Waals surface area contributed by atoms with Crippen LogP contribution in [0.4, 0.5) is 0 Å².